The zero-order chi connectivity index (χ0) is 13.8. The molecule has 0 spiro atoms. The third kappa shape index (κ3) is 3.50. The summed E-state index contributed by atoms with van der Waals surface area (Å²) in [5.74, 6) is 0. The molecule has 100 valence electrons. The van der Waals surface area contributed by atoms with E-state index in [9.17, 15) is 0 Å². The van der Waals surface area contributed by atoms with Gasteiger partial charge in [0.1, 0.15) is 0 Å². The molecule has 0 amide bonds. The topological polar surface area (TPSA) is 12.0 Å². The second-order valence-corrected chi connectivity index (χ2v) is 6.06. The Morgan fingerprint density at radius 2 is 1.74 bits per heavy atom. The van der Waals surface area contributed by atoms with Crippen molar-refractivity contribution >= 4 is 34.2 Å². The summed E-state index contributed by atoms with van der Waals surface area (Å²) in [6.07, 6.45) is 1.07. The summed E-state index contributed by atoms with van der Waals surface area (Å²) >= 11 is 8.46. The Kier molecular flexibility index (Phi) is 5.25. The van der Waals surface area contributed by atoms with E-state index in [4.69, 9.17) is 11.6 Å². The maximum Gasteiger partial charge on any atom is 0.0574 e. The standard InChI is InChI=1S/C16H17ClIN/c1-3-11-4-6-12(7-5-11)16(19-2)13-8-9-15(18)14(17)10-13/h4-10,16,19H,3H2,1-2H3. The fraction of sp³-hybridized carbons (Fsp3) is 0.250. The molecule has 2 aromatic carbocycles. The van der Waals surface area contributed by atoms with E-state index in [1.54, 1.807) is 0 Å². The number of aryl methyl sites for hydroxylation is 1. The van der Waals surface area contributed by atoms with Crippen LogP contribution in [0.1, 0.15) is 29.7 Å². The Morgan fingerprint density at radius 1 is 1.11 bits per heavy atom. The van der Waals surface area contributed by atoms with Gasteiger partial charge in [-0.05, 0) is 64.9 Å². The maximum absolute atomic E-state index is 6.21. The molecular weight excluding hydrogens is 369 g/mol. The molecule has 2 aromatic rings. The molecule has 1 atom stereocenters. The van der Waals surface area contributed by atoms with Gasteiger partial charge in [-0.2, -0.15) is 0 Å². The molecule has 0 fully saturated rings. The van der Waals surface area contributed by atoms with Gasteiger partial charge in [0.2, 0.25) is 0 Å². The van der Waals surface area contributed by atoms with E-state index in [1.807, 2.05) is 13.1 Å². The summed E-state index contributed by atoms with van der Waals surface area (Å²) < 4.78 is 1.08. The van der Waals surface area contributed by atoms with Crippen molar-refractivity contribution in [2.24, 2.45) is 0 Å². The van der Waals surface area contributed by atoms with Crippen molar-refractivity contribution < 1.29 is 0 Å². The summed E-state index contributed by atoms with van der Waals surface area (Å²) in [6.45, 7) is 2.17. The molecule has 0 aliphatic rings. The lowest BCUT2D eigenvalue weighted by Crippen LogP contribution is -2.17. The minimum Gasteiger partial charge on any atom is -0.309 e. The van der Waals surface area contributed by atoms with Gasteiger partial charge >= 0.3 is 0 Å². The van der Waals surface area contributed by atoms with Crippen LogP contribution in [0.4, 0.5) is 0 Å². The molecule has 2 rings (SSSR count). The molecule has 0 saturated carbocycles. The Bertz CT molecular complexity index is 551. The van der Waals surface area contributed by atoms with Gasteiger partial charge in [-0.15, -0.1) is 0 Å². The quantitative estimate of drug-likeness (QED) is 0.744. The number of hydrogen-bond acceptors (Lipinski definition) is 1. The number of nitrogens with one attached hydrogen (secondary N) is 1. The highest BCUT2D eigenvalue weighted by Gasteiger charge is 2.12. The second kappa shape index (κ2) is 6.73. The Morgan fingerprint density at radius 3 is 2.26 bits per heavy atom. The van der Waals surface area contributed by atoms with Gasteiger partial charge in [-0.3, -0.25) is 0 Å². The van der Waals surface area contributed by atoms with Crippen LogP contribution in [0.15, 0.2) is 42.5 Å². The highest BCUT2D eigenvalue weighted by Crippen LogP contribution is 2.27. The van der Waals surface area contributed by atoms with E-state index in [0.29, 0.717) is 0 Å². The molecule has 0 aromatic heterocycles. The van der Waals surface area contributed by atoms with Crippen LogP contribution < -0.4 is 5.32 Å². The van der Waals surface area contributed by atoms with E-state index in [1.165, 1.54) is 16.7 Å². The first-order valence-electron chi connectivity index (χ1n) is 6.36. The van der Waals surface area contributed by atoms with Crippen molar-refractivity contribution in [1.29, 1.82) is 0 Å². The summed E-state index contributed by atoms with van der Waals surface area (Å²) in [4.78, 5) is 0. The smallest absolute Gasteiger partial charge is 0.0574 e. The zero-order valence-corrected chi connectivity index (χ0v) is 14.0. The van der Waals surface area contributed by atoms with E-state index in [0.717, 1.165) is 15.0 Å². The van der Waals surface area contributed by atoms with Gasteiger partial charge in [0.05, 0.1) is 11.1 Å². The van der Waals surface area contributed by atoms with E-state index < -0.39 is 0 Å². The highest BCUT2D eigenvalue weighted by atomic mass is 127. The number of halogens is 2. The summed E-state index contributed by atoms with van der Waals surface area (Å²) in [5, 5.41) is 4.17. The molecular formula is C16H17ClIN. The third-order valence-corrected chi connectivity index (χ3v) is 4.86. The van der Waals surface area contributed by atoms with Crippen molar-refractivity contribution in [2.45, 2.75) is 19.4 Å². The summed E-state index contributed by atoms with van der Waals surface area (Å²) in [5.41, 5.74) is 3.81. The van der Waals surface area contributed by atoms with Crippen molar-refractivity contribution in [3.05, 3.63) is 67.7 Å². The second-order valence-electron chi connectivity index (χ2n) is 4.49. The van der Waals surface area contributed by atoms with Gasteiger partial charge in [0, 0.05) is 3.57 Å². The first-order chi connectivity index (χ1) is 9.15. The molecule has 0 saturated heterocycles. The van der Waals surface area contributed by atoms with Crippen molar-refractivity contribution in [1.82, 2.24) is 5.32 Å². The molecule has 19 heavy (non-hydrogen) atoms. The van der Waals surface area contributed by atoms with E-state index in [-0.39, 0.29) is 6.04 Å². The number of rotatable bonds is 4. The maximum atomic E-state index is 6.21. The van der Waals surface area contributed by atoms with E-state index in [2.05, 4.69) is 71.2 Å². The lowest BCUT2D eigenvalue weighted by atomic mass is 9.97. The largest absolute Gasteiger partial charge is 0.309 e. The minimum atomic E-state index is 0.181. The molecule has 0 heterocycles. The molecule has 3 heteroatoms. The number of hydrogen-bond donors (Lipinski definition) is 1. The highest BCUT2D eigenvalue weighted by molar-refractivity contribution is 14.1. The Balaban J connectivity index is 2.34. The van der Waals surface area contributed by atoms with E-state index >= 15 is 0 Å². The first kappa shape index (κ1) is 14.8. The van der Waals surface area contributed by atoms with Crippen LogP contribution in [0.2, 0.25) is 5.02 Å². The number of benzene rings is 2. The average molecular weight is 386 g/mol. The van der Waals surface area contributed by atoms with Crippen molar-refractivity contribution in [3.8, 4) is 0 Å². The van der Waals surface area contributed by atoms with Crippen LogP contribution in [-0.4, -0.2) is 7.05 Å². The van der Waals surface area contributed by atoms with Crippen molar-refractivity contribution in [2.75, 3.05) is 7.05 Å². The zero-order valence-electron chi connectivity index (χ0n) is 11.1. The van der Waals surface area contributed by atoms with Crippen LogP contribution in [0.3, 0.4) is 0 Å². The molecule has 0 bridgehead atoms. The first-order valence-corrected chi connectivity index (χ1v) is 7.82. The van der Waals surface area contributed by atoms with Gasteiger partial charge in [-0.25, -0.2) is 0 Å². The van der Waals surface area contributed by atoms with Crippen molar-refractivity contribution in [3.63, 3.8) is 0 Å². The van der Waals surface area contributed by atoms with Crippen LogP contribution in [-0.2, 0) is 6.42 Å². The molecule has 1 N–H and O–H groups in total. The SMILES string of the molecule is CCc1ccc(C(NC)c2ccc(I)c(Cl)c2)cc1. The predicted octanol–water partition coefficient (Wildman–Crippen LogP) is 4.82. The lowest BCUT2D eigenvalue weighted by molar-refractivity contribution is 0.691. The molecule has 1 nitrogen and oxygen atoms in total. The predicted molar refractivity (Wildman–Crippen MR) is 90.9 cm³/mol. The Labute approximate surface area is 133 Å². The van der Waals surface area contributed by atoms with Crippen LogP contribution in [0.25, 0.3) is 0 Å². The lowest BCUT2D eigenvalue weighted by Gasteiger charge is -2.18. The molecule has 0 radical (unpaired) electrons. The molecule has 0 aliphatic carbocycles. The normalized spacial score (nSPS) is 12.4. The molecule has 1 unspecified atom stereocenters. The van der Waals surface area contributed by atoms with Crippen LogP contribution in [0, 0.1) is 3.57 Å². The summed E-state index contributed by atoms with van der Waals surface area (Å²) in [6, 6.07) is 15.2. The molecule has 0 aliphatic heterocycles. The van der Waals surface area contributed by atoms with Crippen LogP contribution >= 0.6 is 34.2 Å². The van der Waals surface area contributed by atoms with Gasteiger partial charge in [0.15, 0.2) is 0 Å². The van der Waals surface area contributed by atoms with Crippen LogP contribution in [0.5, 0.6) is 0 Å². The summed E-state index contributed by atoms with van der Waals surface area (Å²) in [7, 11) is 1.98. The fourth-order valence-corrected chi connectivity index (χ4v) is 2.69. The third-order valence-electron chi connectivity index (χ3n) is 3.29. The minimum absolute atomic E-state index is 0.181. The van der Waals surface area contributed by atoms with Gasteiger partial charge in [-0.1, -0.05) is 48.9 Å². The average Bonchev–Trinajstić information content (AvgIpc) is 2.44. The monoisotopic (exact) mass is 385 g/mol. The van der Waals surface area contributed by atoms with Gasteiger partial charge < -0.3 is 5.32 Å². The fourth-order valence-electron chi connectivity index (χ4n) is 2.16. The Hall–Kier alpha value is -0.580. The van der Waals surface area contributed by atoms with Gasteiger partial charge in [0.25, 0.3) is 0 Å².